The van der Waals surface area contributed by atoms with Crippen molar-refractivity contribution < 1.29 is 17.9 Å². The Kier molecular flexibility index (Phi) is 3.33. The Balaban J connectivity index is 2.86. The summed E-state index contributed by atoms with van der Waals surface area (Å²) in [6.07, 6.45) is -4.64. The fraction of sp³-hybridized carbons (Fsp3) is 0.143. The average Bonchev–Trinajstić information content (AvgIpc) is 1.94. The van der Waals surface area contributed by atoms with Gasteiger partial charge < -0.3 is 4.74 Å². The second-order valence-corrected chi connectivity index (χ2v) is 3.81. The van der Waals surface area contributed by atoms with E-state index < -0.39 is 6.36 Å². The number of hydrogen-bond donors (Lipinski definition) is 1. The van der Waals surface area contributed by atoms with Crippen LogP contribution in [-0.2, 0) is 0 Å². The first kappa shape index (κ1) is 11.0. The van der Waals surface area contributed by atoms with Crippen LogP contribution in [0.3, 0.4) is 0 Å². The molecule has 13 heavy (non-hydrogen) atoms. The summed E-state index contributed by atoms with van der Waals surface area (Å²) < 4.78 is 39.5. The molecule has 72 valence electrons. The highest BCUT2D eigenvalue weighted by atomic mass is 127. The monoisotopic (exact) mass is 320 g/mol. The molecule has 0 saturated heterocycles. The van der Waals surface area contributed by atoms with Gasteiger partial charge in [-0.05, 0) is 40.8 Å². The summed E-state index contributed by atoms with van der Waals surface area (Å²) in [5.74, 6) is -0.227. The third kappa shape index (κ3) is 3.63. The van der Waals surface area contributed by atoms with Crippen LogP contribution in [-0.4, -0.2) is 6.36 Å². The maximum Gasteiger partial charge on any atom is 0.573 e. The smallest absolute Gasteiger partial charge is 0.406 e. The van der Waals surface area contributed by atoms with Crippen LogP contribution in [0.5, 0.6) is 5.75 Å². The topological polar surface area (TPSA) is 9.23 Å². The normalized spacial score (nSPS) is 11.5. The average molecular weight is 320 g/mol. The predicted molar refractivity (Wildman–Crippen MR) is 53.1 cm³/mol. The fourth-order valence-corrected chi connectivity index (χ4v) is 1.31. The molecular weight excluding hydrogens is 316 g/mol. The number of ether oxygens (including phenoxy) is 1. The van der Waals surface area contributed by atoms with Gasteiger partial charge in [0.2, 0.25) is 0 Å². The lowest BCUT2D eigenvalue weighted by Gasteiger charge is -2.09. The van der Waals surface area contributed by atoms with Gasteiger partial charge in [-0.15, -0.1) is 25.8 Å². The van der Waals surface area contributed by atoms with E-state index in [-0.39, 0.29) is 5.75 Å². The zero-order valence-electron chi connectivity index (χ0n) is 6.10. The van der Waals surface area contributed by atoms with Crippen molar-refractivity contribution in [3.05, 3.63) is 21.8 Å². The van der Waals surface area contributed by atoms with Crippen molar-refractivity contribution >= 4 is 35.2 Å². The molecule has 0 heterocycles. The number of benzene rings is 1. The van der Waals surface area contributed by atoms with Gasteiger partial charge in [-0.25, -0.2) is 0 Å². The Morgan fingerprint density at radius 3 is 2.38 bits per heavy atom. The third-order valence-electron chi connectivity index (χ3n) is 1.15. The van der Waals surface area contributed by atoms with E-state index in [1.54, 1.807) is 0 Å². The van der Waals surface area contributed by atoms with E-state index in [1.807, 2.05) is 22.6 Å². The van der Waals surface area contributed by atoms with E-state index in [4.69, 9.17) is 0 Å². The quantitative estimate of drug-likeness (QED) is 0.616. The molecule has 0 fully saturated rings. The van der Waals surface area contributed by atoms with Gasteiger partial charge in [0.1, 0.15) is 5.75 Å². The first-order chi connectivity index (χ1) is 5.88. The lowest BCUT2D eigenvalue weighted by Crippen LogP contribution is -2.17. The van der Waals surface area contributed by atoms with Crippen LogP contribution in [0.15, 0.2) is 23.1 Å². The molecular formula is C7H4F3IOS. The number of rotatable bonds is 1. The minimum absolute atomic E-state index is 0.227. The van der Waals surface area contributed by atoms with Crippen molar-refractivity contribution in [1.82, 2.24) is 0 Å². The van der Waals surface area contributed by atoms with E-state index in [0.29, 0.717) is 8.47 Å². The van der Waals surface area contributed by atoms with E-state index in [2.05, 4.69) is 17.4 Å². The Labute approximate surface area is 91.8 Å². The molecule has 0 aliphatic heterocycles. The lowest BCUT2D eigenvalue weighted by molar-refractivity contribution is -0.274. The van der Waals surface area contributed by atoms with Crippen LogP contribution < -0.4 is 4.74 Å². The van der Waals surface area contributed by atoms with E-state index >= 15 is 0 Å². The Hall–Kier alpha value is -0.110. The van der Waals surface area contributed by atoms with Gasteiger partial charge in [-0.1, -0.05) is 0 Å². The summed E-state index contributed by atoms with van der Waals surface area (Å²) >= 11 is 5.89. The maximum atomic E-state index is 11.7. The Morgan fingerprint density at radius 1 is 1.31 bits per heavy atom. The zero-order chi connectivity index (χ0) is 10.1. The molecule has 0 spiro atoms. The third-order valence-corrected chi connectivity index (χ3v) is 2.86. The van der Waals surface area contributed by atoms with E-state index in [0.717, 1.165) is 0 Å². The van der Waals surface area contributed by atoms with Gasteiger partial charge in [0.05, 0.1) is 0 Å². The van der Waals surface area contributed by atoms with Crippen LogP contribution in [0, 0.1) is 3.57 Å². The Morgan fingerprint density at radius 2 is 1.92 bits per heavy atom. The molecule has 1 rings (SSSR count). The van der Waals surface area contributed by atoms with Crippen molar-refractivity contribution in [3.63, 3.8) is 0 Å². The summed E-state index contributed by atoms with van der Waals surface area (Å²) in [5, 5.41) is 0. The molecule has 0 aliphatic rings. The van der Waals surface area contributed by atoms with Crippen LogP contribution in [0.2, 0.25) is 0 Å². The van der Waals surface area contributed by atoms with E-state index in [9.17, 15) is 13.2 Å². The summed E-state index contributed by atoms with van der Waals surface area (Å²) in [6.45, 7) is 0. The minimum atomic E-state index is -4.64. The fourth-order valence-electron chi connectivity index (χ4n) is 0.685. The Bertz CT molecular complexity index is 313. The van der Waals surface area contributed by atoms with Crippen molar-refractivity contribution in [2.75, 3.05) is 0 Å². The van der Waals surface area contributed by atoms with Gasteiger partial charge in [0.15, 0.2) is 0 Å². The summed E-state index contributed by atoms with van der Waals surface area (Å²) in [6, 6.07) is 3.94. The highest BCUT2D eigenvalue weighted by Crippen LogP contribution is 2.26. The lowest BCUT2D eigenvalue weighted by atomic mass is 10.3. The molecule has 0 bridgehead atoms. The molecule has 1 aromatic rings. The molecule has 0 unspecified atom stereocenters. The number of halogens is 4. The highest BCUT2D eigenvalue weighted by molar-refractivity contribution is 14.1. The maximum absolute atomic E-state index is 11.7. The predicted octanol–water partition coefficient (Wildman–Crippen LogP) is 3.48. The van der Waals surface area contributed by atoms with Crippen LogP contribution in [0.4, 0.5) is 13.2 Å². The zero-order valence-corrected chi connectivity index (χ0v) is 9.15. The van der Waals surface area contributed by atoms with Crippen molar-refractivity contribution in [3.8, 4) is 5.75 Å². The second kappa shape index (κ2) is 3.95. The summed E-state index contributed by atoms with van der Waals surface area (Å²) in [7, 11) is 0. The SMILES string of the molecule is FC(F)(F)Oc1ccc(S)c(I)c1. The molecule has 0 atom stereocenters. The van der Waals surface area contributed by atoms with Gasteiger partial charge in [0, 0.05) is 8.47 Å². The van der Waals surface area contributed by atoms with E-state index in [1.165, 1.54) is 18.2 Å². The standard InChI is InChI=1S/C7H4F3IOS/c8-7(9,10)12-4-1-2-6(13)5(11)3-4/h1-3,13H. The van der Waals surface area contributed by atoms with Crippen LogP contribution in [0.25, 0.3) is 0 Å². The van der Waals surface area contributed by atoms with Gasteiger partial charge in [0.25, 0.3) is 0 Å². The molecule has 0 aromatic heterocycles. The molecule has 6 heteroatoms. The van der Waals surface area contributed by atoms with Crippen LogP contribution in [0.1, 0.15) is 0 Å². The number of thiol groups is 1. The molecule has 1 nitrogen and oxygen atoms in total. The molecule has 0 aliphatic carbocycles. The molecule has 0 N–H and O–H groups in total. The summed E-state index contributed by atoms with van der Waals surface area (Å²) in [4.78, 5) is 0.620. The van der Waals surface area contributed by atoms with Crippen molar-refractivity contribution in [1.29, 1.82) is 0 Å². The molecule has 1 aromatic carbocycles. The van der Waals surface area contributed by atoms with Crippen molar-refractivity contribution in [2.24, 2.45) is 0 Å². The first-order valence-corrected chi connectivity index (χ1v) is 4.65. The number of hydrogen-bond acceptors (Lipinski definition) is 2. The van der Waals surface area contributed by atoms with Gasteiger partial charge >= 0.3 is 6.36 Å². The second-order valence-electron chi connectivity index (χ2n) is 2.16. The van der Waals surface area contributed by atoms with Gasteiger partial charge in [-0.3, -0.25) is 0 Å². The molecule has 0 saturated carbocycles. The van der Waals surface area contributed by atoms with Gasteiger partial charge in [-0.2, -0.15) is 0 Å². The number of alkyl halides is 3. The first-order valence-electron chi connectivity index (χ1n) is 3.13. The minimum Gasteiger partial charge on any atom is -0.406 e. The summed E-state index contributed by atoms with van der Waals surface area (Å²) in [5.41, 5.74) is 0. The largest absolute Gasteiger partial charge is 0.573 e. The molecule has 0 amide bonds. The van der Waals surface area contributed by atoms with Crippen LogP contribution >= 0.6 is 35.2 Å². The highest BCUT2D eigenvalue weighted by Gasteiger charge is 2.31. The van der Waals surface area contributed by atoms with Crippen molar-refractivity contribution in [2.45, 2.75) is 11.3 Å². The molecule has 0 radical (unpaired) electrons.